The van der Waals surface area contributed by atoms with Crippen LogP contribution in [0.1, 0.15) is 15.2 Å². The van der Waals surface area contributed by atoms with Gasteiger partial charge in [0.2, 0.25) is 0 Å². The van der Waals surface area contributed by atoms with E-state index in [-0.39, 0.29) is 5.02 Å². The standard InChI is InChI=1S/C9H8ClN3OS/c1-12-5-13(2)9-6(3-11)8(10)7(4-14)15-9/h4-5H,1-2H3. The second-order valence-electron chi connectivity index (χ2n) is 2.67. The van der Waals surface area contributed by atoms with Crippen molar-refractivity contribution in [2.75, 3.05) is 19.0 Å². The Hall–Kier alpha value is -1.38. The summed E-state index contributed by atoms with van der Waals surface area (Å²) in [6.45, 7) is 0. The van der Waals surface area contributed by atoms with Crippen molar-refractivity contribution < 1.29 is 4.79 Å². The SMILES string of the molecule is CN=CN(C)c1sc(C=O)c(Cl)c1C#N. The van der Waals surface area contributed by atoms with Gasteiger partial charge in [-0.3, -0.25) is 9.79 Å². The van der Waals surface area contributed by atoms with Gasteiger partial charge in [-0.2, -0.15) is 5.26 Å². The van der Waals surface area contributed by atoms with Crippen LogP contribution in [0.3, 0.4) is 0 Å². The number of aliphatic imine (C=N–C) groups is 1. The third kappa shape index (κ3) is 2.17. The largest absolute Gasteiger partial charge is 0.326 e. The summed E-state index contributed by atoms with van der Waals surface area (Å²) < 4.78 is 0. The van der Waals surface area contributed by atoms with Crippen molar-refractivity contribution in [3.8, 4) is 6.07 Å². The van der Waals surface area contributed by atoms with E-state index in [2.05, 4.69) is 4.99 Å². The average Bonchev–Trinajstić information content (AvgIpc) is 2.55. The van der Waals surface area contributed by atoms with Crippen LogP contribution in [-0.2, 0) is 0 Å². The van der Waals surface area contributed by atoms with Gasteiger partial charge in [-0.15, -0.1) is 11.3 Å². The van der Waals surface area contributed by atoms with Crippen LogP contribution in [-0.4, -0.2) is 26.7 Å². The molecule has 0 bridgehead atoms. The summed E-state index contributed by atoms with van der Waals surface area (Å²) in [6, 6.07) is 1.97. The fourth-order valence-corrected chi connectivity index (χ4v) is 2.30. The van der Waals surface area contributed by atoms with Gasteiger partial charge in [0.05, 0.1) is 16.2 Å². The Kier molecular flexibility index (Phi) is 3.83. The molecule has 0 amide bonds. The van der Waals surface area contributed by atoms with E-state index in [0.717, 1.165) is 0 Å². The highest BCUT2D eigenvalue weighted by atomic mass is 35.5. The first-order chi connectivity index (χ1) is 7.15. The molecular formula is C9H8ClN3OS. The first-order valence-electron chi connectivity index (χ1n) is 3.98. The van der Waals surface area contributed by atoms with Crippen molar-refractivity contribution in [2.45, 2.75) is 0 Å². The van der Waals surface area contributed by atoms with Gasteiger partial charge in [0.1, 0.15) is 16.6 Å². The molecule has 0 saturated carbocycles. The summed E-state index contributed by atoms with van der Waals surface area (Å²) in [4.78, 5) is 16.5. The zero-order chi connectivity index (χ0) is 11.4. The highest BCUT2D eigenvalue weighted by molar-refractivity contribution is 7.18. The molecule has 0 aliphatic carbocycles. The van der Waals surface area contributed by atoms with Crippen LogP contribution < -0.4 is 4.90 Å². The lowest BCUT2D eigenvalue weighted by Gasteiger charge is -2.09. The van der Waals surface area contributed by atoms with Crippen LogP contribution in [0.2, 0.25) is 5.02 Å². The summed E-state index contributed by atoms with van der Waals surface area (Å²) in [5.41, 5.74) is 0.311. The van der Waals surface area contributed by atoms with Crippen LogP contribution >= 0.6 is 22.9 Å². The maximum atomic E-state index is 10.7. The van der Waals surface area contributed by atoms with Crippen LogP contribution in [0.25, 0.3) is 0 Å². The first-order valence-corrected chi connectivity index (χ1v) is 5.17. The molecule has 0 unspecified atom stereocenters. The third-order valence-electron chi connectivity index (χ3n) is 1.68. The van der Waals surface area contributed by atoms with E-state index in [1.807, 2.05) is 6.07 Å². The molecule has 15 heavy (non-hydrogen) atoms. The molecule has 0 aromatic carbocycles. The van der Waals surface area contributed by atoms with E-state index < -0.39 is 0 Å². The molecule has 4 nitrogen and oxygen atoms in total. The highest BCUT2D eigenvalue weighted by Gasteiger charge is 2.18. The maximum absolute atomic E-state index is 10.7. The molecule has 0 saturated heterocycles. The van der Waals surface area contributed by atoms with E-state index in [9.17, 15) is 4.79 Å². The summed E-state index contributed by atoms with van der Waals surface area (Å²) in [5.74, 6) is 0. The lowest BCUT2D eigenvalue weighted by atomic mass is 10.3. The van der Waals surface area contributed by atoms with E-state index in [4.69, 9.17) is 16.9 Å². The lowest BCUT2D eigenvalue weighted by molar-refractivity contribution is 0.112. The smallest absolute Gasteiger partial charge is 0.161 e. The molecule has 0 aliphatic rings. The third-order valence-corrected chi connectivity index (χ3v) is 3.39. The quantitative estimate of drug-likeness (QED) is 0.463. The maximum Gasteiger partial charge on any atom is 0.161 e. The fourth-order valence-electron chi connectivity index (χ4n) is 1.06. The number of halogens is 1. The molecule has 0 fully saturated rings. The van der Waals surface area contributed by atoms with Crippen molar-refractivity contribution >= 4 is 40.6 Å². The number of carbonyl (C=O) groups excluding carboxylic acids is 1. The zero-order valence-corrected chi connectivity index (χ0v) is 9.76. The number of thiophene rings is 1. The Balaban J connectivity index is 3.30. The minimum Gasteiger partial charge on any atom is -0.326 e. The summed E-state index contributed by atoms with van der Waals surface area (Å²) >= 11 is 7.03. The van der Waals surface area contributed by atoms with Gasteiger partial charge in [0, 0.05) is 14.1 Å². The summed E-state index contributed by atoms with van der Waals surface area (Å²) in [6.07, 6.45) is 2.20. The number of rotatable bonds is 3. The van der Waals surface area contributed by atoms with Gasteiger partial charge in [0.15, 0.2) is 6.29 Å². The molecule has 1 aromatic rings. The van der Waals surface area contributed by atoms with Crippen LogP contribution in [0.5, 0.6) is 0 Å². The Labute approximate surface area is 96.4 Å². The number of hydrogen-bond acceptors (Lipinski definition) is 4. The highest BCUT2D eigenvalue weighted by Crippen LogP contribution is 2.37. The minimum atomic E-state index is 0.212. The van der Waals surface area contributed by atoms with Crippen molar-refractivity contribution in [1.82, 2.24) is 0 Å². The molecular weight excluding hydrogens is 234 g/mol. The number of anilines is 1. The van der Waals surface area contributed by atoms with E-state index in [1.54, 1.807) is 25.3 Å². The fraction of sp³-hybridized carbons (Fsp3) is 0.222. The number of hydrogen-bond donors (Lipinski definition) is 0. The number of nitriles is 1. The molecule has 6 heteroatoms. The van der Waals surface area contributed by atoms with E-state index >= 15 is 0 Å². The molecule has 1 heterocycles. The van der Waals surface area contributed by atoms with E-state index in [1.165, 1.54) is 11.3 Å². The molecule has 1 rings (SSSR count). The minimum absolute atomic E-state index is 0.212. The molecule has 0 spiro atoms. The second kappa shape index (κ2) is 4.91. The summed E-state index contributed by atoms with van der Waals surface area (Å²) in [5, 5.41) is 9.74. The molecule has 1 aromatic heterocycles. The van der Waals surface area contributed by atoms with Crippen LogP contribution in [0, 0.1) is 11.3 Å². The van der Waals surface area contributed by atoms with Crippen molar-refractivity contribution in [3.63, 3.8) is 0 Å². The Morgan fingerprint density at radius 1 is 1.67 bits per heavy atom. The molecule has 0 radical (unpaired) electrons. The monoisotopic (exact) mass is 241 g/mol. The van der Waals surface area contributed by atoms with Gasteiger partial charge in [-0.25, -0.2) is 0 Å². The Morgan fingerprint density at radius 3 is 2.80 bits per heavy atom. The van der Waals surface area contributed by atoms with Crippen LogP contribution in [0.4, 0.5) is 5.00 Å². The van der Waals surface area contributed by atoms with Gasteiger partial charge in [-0.1, -0.05) is 11.6 Å². The number of aldehydes is 1. The average molecular weight is 242 g/mol. The molecule has 0 atom stereocenters. The Morgan fingerprint density at radius 2 is 2.33 bits per heavy atom. The van der Waals surface area contributed by atoms with Crippen molar-refractivity contribution in [2.24, 2.45) is 4.99 Å². The lowest BCUT2D eigenvalue weighted by Crippen LogP contribution is -2.13. The first kappa shape index (κ1) is 11.7. The van der Waals surface area contributed by atoms with Crippen molar-refractivity contribution in [1.29, 1.82) is 5.26 Å². The topological polar surface area (TPSA) is 56.5 Å². The molecule has 0 aliphatic heterocycles. The van der Waals surface area contributed by atoms with Gasteiger partial charge in [0.25, 0.3) is 0 Å². The van der Waals surface area contributed by atoms with Crippen LogP contribution in [0.15, 0.2) is 4.99 Å². The second-order valence-corrected chi connectivity index (χ2v) is 4.08. The predicted octanol–water partition coefficient (Wildman–Crippen LogP) is 2.18. The number of nitrogens with zero attached hydrogens (tertiary/aromatic N) is 3. The van der Waals surface area contributed by atoms with E-state index in [0.29, 0.717) is 21.7 Å². The number of carbonyl (C=O) groups is 1. The predicted molar refractivity (Wildman–Crippen MR) is 62.3 cm³/mol. The van der Waals surface area contributed by atoms with Crippen molar-refractivity contribution in [3.05, 3.63) is 15.5 Å². The van der Waals surface area contributed by atoms with Gasteiger partial charge in [-0.05, 0) is 0 Å². The van der Waals surface area contributed by atoms with Gasteiger partial charge >= 0.3 is 0 Å². The Bertz CT molecular complexity index is 447. The zero-order valence-electron chi connectivity index (χ0n) is 8.19. The van der Waals surface area contributed by atoms with Gasteiger partial charge < -0.3 is 4.90 Å². The molecule has 78 valence electrons. The molecule has 0 N–H and O–H groups in total. The summed E-state index contributed by atoms with van der Waals surface area (Å²) in [7, 11) is 3.36. The normalized spacial score (nSPS) is 10.3.